The van der Waals surface area contributed by atoms with Crippen molar-refractivity contribution in [3.63, 3.8) is 0 Å². The number of pyridine rings is 1. The number of hydrogen-bond acceptors (Lipinski definition) is 4. The molecule has 6 heteroatoms. The standard InChI is InChI=1S/C16H18N2O3S/c19-12-14-4-3-11-18(14)22(20,21)15-8-6-13(7-9-15)16-5-1-2-10-17-16/h1-2,5-10,14,19H,3-4,11-12H2. The van der Waals surface area contributed by atoms with E-state index in [1.54, 1.807) is 30.5 Å². The summed E-state index contributed by atoms with van der Waals surface area (Å²) in [5.41, 5.74) is 1.68. The zero-order chi connectivity index (χ0) is 15.6. The highest BCUT2D eigenvalue weighted by molar-refractivity contribution is 7.89. The van der Waals surface area contributed by atoms with Crippen LogP contribution in [0.5, 0.6) is 0 Å². The number of aliphatic hydroxyl groups is 1. The number of benzene rings is 1. The van der Waals surface area contributed by atoms with E-state index in [2.05, 4.69) is 4.98 Å². The second-order valence-corrected chi connectivity index (χ2v) is 7.22. The van der Waals surface area contributed by atoms with Gasteiger partial charge >= 0.3 is 0 Å². The van der Waals surface area contributed by atoms with Crippen LogP contribution in [0, 0.1) is 0 Å². The van der Waals surface area contributed by atoms with Gasteiger partial charge in [0.1, 0.15) is 0 Å². The van der Waals surface area contributed by atoms with Crippen LogP contribution in [0.1, 0.15) is 12.8 Å². The first kappa shape index (κ1) is 15.1. The minimum Gasteiger partial charge on any atom is -0.395 e. The highest BCUT2D eigenvalue weighted by Crippen LogP contribution is 2.27. The van der Waals surface area contributed by atoms with Gasteiger partial charge in [-0.2, -0.15) is 4.31 Å². The van der Waals surface area contributed by atoms with Gasteiger partial charge in [-0.05, 0) is 37.1 Å². The van der Waals surface area contributed by atoms with Crippen LogP contribution in [-0.2, 0) is 10.0 Å². The van der Waals surface area contributed by atoms with Crippen molar-refractivity contribution >= 4 is 10.0 Å². The Morgan fingerprint density at radius 1 is 1.18 bits per heavy atom. The quantitative estimate of drug-likeness (QED) is 0.934. The third-order valence-corrected chi connectivity index (χ3v) is 5.92. The molecular formula is C16H18N2O3S. The first-order chi connectivity index (χ1) is 10.6. The third-order valence-electron chi connectivity index (χ3n) is 3.96. The fourth-order valence-corrected chi connectivity index (χ4v) is 4.46. The summed E-state index contributed by atoms with van der Waals surface area (Å²) in [5, 5.41) is 9.33. The van der Waals surface area contributed by atoms with Crippen molar-refractivity contribution in [2.45, 2.75) is 23.8 Å². The first-order valence-electron chi connectivity index (χ1n) is 7.27. The van der Waals surface area contributed by atoms with Crippen LogP contribution >= 0.6 is 0 Å². The van der Waals surface area contributed by atoms with Crippen molar-refractivity contribution in [2.24, 2.45) is 0 Å². The molecule has 1 N–H and O–H groups in total. The molecule has 1 fully saturated rings. The molecule has 2 aromatic rings. The highest BCUT2D eigenvalue weighted by Gasteiger charge is 2.34. The molecule has 1 aliphatic rings. The number of aliphatic hydroxyl groups excluding tert-OH is 1. The summed E-state index contributed by atoms with van der Waals surface area (Å²) in [4.78, 5) is 4.51. The fourth-order valence-electron chi connectivity index (χ4n) is 2.77. The van der Waals surface area contributed by atoms with E-state index < -0.39 is 10.0 Å². The molecule has 3 rings (SSSR count). The maximum Gasteiger partial charge on any atom is 0.243 e. The molecule has 116 valence electrons. The summed E-state index contributed by atoms with van der Waals surface area (Å²) in [6.45, 7) is 0.334. The zero-order valence-electron chi connectivity index (χ0n) is 12.1. The molecule has 22 heavy (non-hydrogen) atoms. The smallest absolute Gasteiger partial charge is 0.243 e. The second-order valence-electron chi connectivity index (χ2n) is 5.33. The SMILES string of the molecule is O=S(=O)(c1ccc(-c2ccccn2)cc1)N1CCCC1CO. The number of rotatable bonds is 4. The summed E-state index contributed by atoms with van der Waals surface area (Å²) in [6.07, 6.45) is 3.20. The Bertz CT molecular complexity index is 730. The lowest BCUT2D eigenvalue weighted by atomic mass is 10.1. The molecule has 0 spiro atoms. The van der Waals surface area contributed by atoms with Gasteiger partial charge in [-0.15, -0.1) is 0 Å². The van der Waals surface area contributed by atoms with Crippen LogP contribution in [0.4, 0.5) is 0 Å². The third kappa shape index (κ3) is 2.77. The Morgan fingerprint density at radius 3 is 2.59 bits per heavy atom. The zero-order valence-corrected chi connectivity index (χ0v) is 12.9. The molecule has 1 saturated heterocycles. The maximum absolute atomic E-state index is 12.7. The van der Waals surface area contributed by atoms with Gasteiger partial charge < -0.3 is 5.11 Å². The van der Waals surface area contributed by atoms with Crippen LogP contribution in [-0.4, -0.2) is 42.0 Å². The van der Waals surface area contributed by atoms with E-state index in [0.717, 1.165) is 17.7 Å². The fraction of sp³-hybridized carbons (Fsp3) is 0.312. The summed E-state index contributed by atoms with van der Waals surface area (Å²) in [6, 6.07) is 12.0. The van der Waals surface area contributed by atoms with Gasteiger partial charge in [0.15, 0.2) is 0 Å². The number of sulfonamides is 1. The van der Waals surface area contributed by atoms with Gasteiger partial charge in [-0.3, -0.25) is 4.98 Å². The van der Waals surface area contributed by atoms with Crippen molar-refractivity contribution in [3.05, 3.63) is 48.7 Å². The van der Waals surface area contributed by atoms with Crippen molar-refractivity contribution < 1.29 is 13.5 Å². The van der Waals surface area contributed by atoms with E-state index in [-0.39, 0.29) is 17.5 Å². The van der Waals surface area contributed by atoms with Crippen LogP contribution in [0.25, 0.3) is 11.3 Å². The van der Waals surface area contributed by atoms with Gasteiger partial charge in [0.25, 0.3) is 0 Å². The molecule has 5 nitrogen and oxygen atoms in total. The molecule has 2 heterocycles. The van der Waals surface area contributed by atoms with E-state index in [0.29, 0.717) is 13.0 Å². The lowest BCUT2D eigenvalue weighted by Gasteiger charge is -2.22. The predicted octanol–water partition coefficient (Wildman–Crippen LogP) is 1.89. The summed E-state index contributed by atoms with van der Waals surface area (Å²) in [7, 11) is -3.55. The molecule has 1 aliphatic heterocycles. The van der Waals surface area contributed by atoms with E-state index in [1.165, 1.54) is 4.31 Å². The molecule has 0 aliphatic carbocycles. The molecule has 0 radical (unpaired) electrons. The molecule has 0 amide bonds. The van der Waals surface area contributed by atoms with Crippen LogP contribution < -0.4 is 0 Å². The van der Waals surface area contributed by atoms with Crippen molar-refractivity contribution in [1.82, 2.24) is 9.29 Å². The molecule has 1 unspecified atom stereocenters. The van der Waals surface area contributed by atoms with E-state index in [4.69, 9.17) is 0 Å². The molecule has 0 saturated carbocycles. The van der Waals surface area contributed by atoms with Gasteiger partial charge in [0.05, 0.1) is 17.2 Å². The Hall–Kier alpha value is -1.76. The summed E-state index contributed by atoms with van der Waals surface area (Å²) in [5.74, 6) is 0. The summed E-state index contributed by atoms with van der Waals surface area (Å²) < 4.78 is 26.7. The van der Waals surface area contributed by atoms with Crippen molar-refractivity contribution in [3.8, 4) is 11.3 Å². The van der Waals surface area contributed by atoms with Gasteiger partial charge in [0.2, 0.25) is 10.0 Å². The van der Waals surface area contributed by atoms with Crippen LogP contribution in [0.3, 0.4) is 0 Å². The van der Waals surface area contributed by atoms with E-state index >= 15 is 0 Å². The predicted molar refractivity (Wildman–Crippen MR) is 83.7 cm³/mol. The number of hydrogen-bond donors (Lipinski definition) is 1. The normalized spacial score (nSPS) is 19.4. The maximum atomic E-state index is 12.7. The Labute approximate surface area is 130 Å². The first-order valence-corrected chi connectivity index (χ1v) is 8.71. The van der Waals surface area contributed by atoms with Crippen LogP contribution in [0.2, 0.25) is 0 Å². The molecule has 1 aromatic heterocycles. The highest BCUT2D eigenvalue weighted by atomic mass is 32.2. The molecule has 0 bridgehead atoms. The van der Waals surface area contributed by atoms with Gasteiger partial charge in [-0.25, -0.2) is 8.42 Å². The molecule has 1 aromatic carbocycles. The number of nitrogens with zero attached hydrogens (tertiary/aromatic N) is 2. The minimum atomic E-state index is -3.55. The van der Waals surface area contributed by atoms with Crippen LogP contribution in [0.15, 0.2) is 53.6 Å². The minimum absolute atomic E-state index is 0.134. The summed E-state index contributed by atoms with van der Waals surface area (Å²) >= 11 is 0. The van der Waals surface area contributed by atoms with Gasteiger partial charge in [-0.1, -0.05) is 18.2 Å². The Kier molecular flexibility index (Phi) is 4.24. The average molecular weight is 318 g/mol. The van der Waals surface area contributed by atoms with E-state index in [9.17, 15) is 13.5 Å². The van der Waals surface area contributed by atoms with E-state index in [1.807, 2.05) is 18.2 Å². The average Bonchev–Trinajstić information content (AvgIpc) is 3.05. The number of aromatic nitrogens is 1. The van der Waals surface area contributed by atoms with Gasteiger partial charge in [0, 0.05) is 24.3 Å². The largest absolute Gasteiger partial charge is 0.395 e. The molecule has 1 atom stereocenters. The Balaban J connectivity index is 1.89. The van der Waals surface area contributed by atoms with Crippen molar-refractivity contribution in [2.75, 3.05) is 13.2 Å². The lowest BCUT2D eigenvalue weighted by molar-refractivity contribution is 0.213. The molecular weight excluding hydrogens is 300 g/mol. The lowest BCUT2D eigenvalue weighted by Crippen LogP contribution is -2.37. The van der Waals surface area contributed by atoms with Crippen molar-refractivity contribution in [1.29, 1.82) is 0 Å². The topological polar surface area (TPSA) is 70.5 Å². The monoisotopic (exact) mass is 318 g/mol. The Morgan fingerprint density at radius 2 is 1.95 bits per heavy atom. The second kappa shape index (κ2) is 6.16.